The molecule has 2 aromatic heterocycles. The van der Waals surface area contributed by atoms with Crippen LogP contribution in [0, 0.1) is 11.3 Å². The van der Waals surface area contributed by atoms with E-state index in [4.69, 9.17) is 5.26 Å². The molecule has 0 atom stereocenters. The van der Waals surface area contributed by atoms with Gasteiger partial charge in [-0.1, -0.05) is 12.1 Å². The van der Waals surface area contributed by atoms with E-state index in [1.165, 1.54) is 7.11 Å². The minimum absolute atomic E-state index is 0.297. The molecule has 3 rings (SSSR count). The predicted octanol–water partition coefficient (Wildman–Crippen LogP) is 2.74. The molecule has 0 amide bonds. The molecule has 2 heterocycles. The Balaban J connectivity index is 1.91. The lowest BCUT2D eigenvalue weighted by molar-refractivity contribution is 0.0594. The van der Waals surface area contributed by atoms with Crippen molar-refractivity contribution in [3.05, 3.63) is 65.6 Å². The van der Waals surface area contributed by atoms with E-state index in [1.807, 2.05) is 29.0 Å². The van der Waals surface area contributed by atoms with Gasteiger partial charge in [0.15, 0.2) is 0 Å². The minimum atomic E-state index is -0.443. The quantitative estimate of drug-likeness (QED) is 0.696. The maximum atomic E-state index is 11.5. The van der Waals surface area contributed by atoms with Crippen LogP contribution in [0.25, 0.3) is 10.9 Å². The molecule has 5 nitrogen and oxygen atoms in total. The van der Waals surface area contributed by atoms with Gasteiger partial charge in [-0.05, 0) is 29.8 Å². The molecule has 0 aliphatic heterocycles. The number of rotatable bonds is 3. The number of nitrogens with zero attached hydrogens (tertiary/aromatic N) is 3. The summed E-state index contributed by atoms with van der Waals surface area (Å²) in [6, 6.07) is 13.2. The second-order valence-corrected chi connectivity index (χ2v) is 4.87. The van der Waals surface area contributed by atoms with Gasteiger partial charge in [-0.2, -0.15) is 5.26 Å². The van der Waals surface area contributed by atoms with Crippen LogP contribution < -0.4 is 0 Å². The second-order valence-electron chi connectivity index (χ2n) is 4.87. The number of nitriles is 1. The number of hydrogen-bond acceptors (Lipinski definition) is 4. The lowest BCUT2D eigenvalue weighted by atomic mass is 10.1. The average molecular weight is 291 g/mol. The number of methoxy groups -OCH3 is 1. The summed E-state index contributed by atoms with van der Waals surface area (Å²) in [5.41, 5.74) is 2.97. The number of carbonyl (C=O) groups is 1. The molecule has 0 unspecified atom stereocenters. The van der Waals surface area contributed by atoms with Crippen molar-refractivity contribution in [1.29, 1.82) is 5.26 Å². The molecule has 0 N–H and O–H groups in total. The van der Waals surface area contributed by atoms with Gasteiger partial charge in [0.2, 0.25) is 0 Å². The third-order valence-electron chi connectivity index (χ3n) is 3.49. The van der Waals surface area contributed by atoms with Gasteiger partial charge in [-0.3, -0.25) is 0 Å². The smallest absolute Gasteiger partial charge is 0.356 e. The van der Waals surface area contributed by atoms with Gasteiger partial charge < -0.3 is 9.30 Å². The molecular formula is C17H13N3O2. The maximum Gasteiger partial charge on any atom is 0.356 e. The molecule has 108 valence electrons. The standard InChI is InChI=1S/C17H13N3O2/c1-22-17(21)15-8-14-6-7-20(16(14)10-19-15)11-13-4-2-12(9-18)3-5-13/h2-8,10H,11H2,1H3. The van der Waals surface area contributed by atoms with Crippen LogP contribution in [-0.4, -0.2) is 22.6 Å². The Morgan fingerprint density at radius 3 is 2.77 bits per heavy atom. The van der Waals surface area contributed by atoms with E-state index in [-0.39, 0.29) is 0 Å². The average Bonchev–Trinajstić information content (AvgIpc) is 2.97. The van der Waals surface area contributed by atoms with Gasteiger partial charge in [0.05, 0.1) is 30.5 Å². The molecule has 5 heteroatoms. The Morgan fingerprint density at radius 1 is 1.32 bits per heavy atom. The van der Waals surface area contributed by atoms with Crippen LogP contribution in [0.1, 0.15) is 21.6 Å². The van der Waals surface area contributed by atoms with Crippen molar-refractivity contribution in [3.63, 3.8) is 0 Å². The lowest BCUT2D eigenvalue weighted by Crippen LogP contribution is -2.04. The minimum Gasteiger partial charge on any atom is -0.464 e. The fourth-order valence-corrected chi connectivity index (χ4v) is 2.32. The van der Waals surface area contributed by atoms with Crippen LogP contribution in [-0.2, 0) is 11.3 Å². The van der Waals surface area contributed by atoms with Crippen molar-refractivity contribution in [3.8, 4) is 6.07 Å². The van der Waals surface area contributed by atoms with E-state index in [0.29, 0.717) is 17.8 Å². The highest BCUT2D eigenvalue weighted by atomic mass is 16.5. The van der Waals surface area contributed by atoms with E-state index >= 15 is 0 Å². The van der Waals surface area contributed by atoms with E-state index in [2.05, 4.69) is 15.8 Å². The van der Waals surface area contributed by atoms with Gasteiger partial charge in [0.1, 0.15) is 5.69 Å². The molecule has 0 spiro atoms. The molecule has 0 bridgehead atoms. The van der Waals surface area contributed by atoms with Crippen LogP contribution >= 0.6 is 0 Å². The highest BCUT2D eigenvalue weighted by molar-refractivity contribution is 5.92. The number of pyridine rings is 1. The molecule has 22 heavy (non-hydrogen) atoms. The Hall–Kier alpha value is -3.13. The first-order chi connectivity index (χ1) is 10.7. The Kier molecular flexibility index (Phi) is 3.58. The monoisotopic (exact) mass is 291 g/mol. The summed E-state index contributed by atoms with van der Waals surface area (Å²) >= 11 is 0. The molecule has 0 saturated carbocycles. The zero-order valence-corrected chi connectivity index (χ0v) is 12.0. The summed E-state index contributed by atoms with van der Waals surface area (Å²) in [5.74, 6) is -0.443. The fourth-order valence-electron chi connectivity index (χ4n) is 2.32. The Labute approximate surface area is 127 Å². The molecular weight excluding hydrogens is 278 g/mol. The normalized spacial score (nSPS) is 10.4. The third-order valence-corrected chi connectivity index (χ3v) is 3.49. The third kappa shape index (κ3) is 2.54. The first kappa shape index (κ1) is 13.8. The van der Waals surface area contributed by atoms with Crippen LogP contribution in [0.5, 0.6) is 0 Å². The van der Waals surface area contributed by atoms with Crippen LogP contribution in [0.4, 0.5) is 0 Å². The molecule has 0 aliphatic carbocycles. The highest BCUT2D eigenvalue weighted by Crippen LogP contribution is 2.18. The number of fused-ring (bicyclic) bond motifs is 1. The number of benzene rings is 1. The van der Waals surface area contributed by atoms with Gasteiger partial charge in [-0.25, -0.2) is 9.78 Å². The topological polar surface area (TPSA) is 67.9 Å². The second kappa shape index (κ2) is 5.70. The van der Waals surface area contributed by atoms with Gasteiger partial charge in [0, 0.05) is 18.1 Å². The van der Waals surface area contributed by atoms with Crippen LogP contribution in [0.3, 0.4) is 0 Å². The number of ether oxygens (including phenoxy) is 1. The van der Waals surface area contributed by atoms with Gasteiger partial charge >= 0.3 is 5.97 Å². The maximum absolute atomic E-state index is 11.5. The molecule has 1 aromatic carbocycles. The predicted molar refractivity (Wildman–Crippen MR) is 81.3 cm³/mol. The van der Waals surface area contributed by atoms with E-state index in [1.54, 1.807) is 24.4 Å². The van der Waals surface area contributed by atoms with E-state index in [9.17, 15) is 4.79 Å². The van der Waals surface area contributed by atoms with Crippen LogP contribution in [0.15, 0.2) is 48.8 Å². The summed E-state index contributed by atoms with van der Waals surface area (Å²) in [6.07, 6.45) is 3.62. The summed E-state index contributed by atoms with van der Waals surface area (Å²) < 4.78 is 6.72. The van der Waals surface area contributed by atoms with Crippen molar-refractivity contribution in [2.45, 2.75) is 6.54 Å². The summed E-state index contributed by atoms with van der Waals surface area (Å²) in [6.45, 7) is 0.675. The van der Waals surface area contributed by atoms with Crippen molar-refractivity contribution < 1.29 is 9.53 Å². The highest BCUT2D eigenvalue weighted by Gasteiger charge is 2.10. The first-order valence-corrected chi connectivity index (χ1v) is 6.73. The van der Waals surface area contributed by atoms with Gasteiger partial charge in [-0.15, -0.1) is 0 Å². The van der Waals surface area contributed by atoms with Crippen molar-refractivity contribution >= 4 is 16.9 Å². The lowest BCUT2D eigenvalue weighted by Gasteiger charge is -2.06. The first-order valence-electron chi connectivity index (χ1n) is 6.73. The Morgan fingerprint density at radius 2 is 2.09 bits per heavy atom. The summed E-state index contributed by atoms with van der Waals surface area (Å²) in [5, 5.41) is 9.75. The zero-order valence-electron chi connectivity index (χ0n) is 12.0. The number of aromatic nitrogens is 2. The molecule has 0 fully saturated rings. The molecule has 0 saturated heterocycles. The van der Waals surface area contributed by atoms with Crippen molar-refractivity contribution in [1.82, 2.24) is 9.55 Å². The Bertz CT molecular complexity index is 873. The van der Waals surface area contributed by atoms with Crippen molar-refractivity contribution in [2.75, 3.05) is 7.11 Å². The van der Waals surface area contributed by atoms with Crippen molar-refractivity contribution in [2.24, 2.45) is 0 Å². The number of carbonyl (C=O) groups excluding carboxylic acids is 1. The largest absolute Gasteiger partial charge is 0.464 e. The molecule has 3 aromatic rings. The molecule has 0 radical (unpaired) electrons. The van der Waals surface area contributed by atoms with Crippen LogP contribution in [0.2, 0.25) is 0 Å². The summed E-state index contributed by atoms with van der Waals surface area (Å²) in [4.78, 5) is 15.6. The fraction of sp³-hybridized carbons (Fsp3) is 0.118. The van der Waals surface area contributed by atoms with E-state index < -0.39 is 5.97 Å². The summed E-state index contributed by atoms with van der Waals surface area (Å²) in [7, 11) is 1.34. The van der Waals surface area contributed by atoms with Gasteiger partial charge in [0.25, 0.3) is 0 Å². The zero-order chi connectivity index (χ0) is 15.5. The molecule has 0 aliphatic rings. The SMILES string of the molecule is COC(=O)c1cc2ccn(Cc3ccc(C#N)cc3)c2cn1. The number of esters is 1. The van der Waals surface area contributed by atoms with E-state index in [0.717, 1.165) is 16.5 Å². The number of hydrogen-bond donors (Lipinski definition) is 0.